The fourth-order valence-corrected chi connectivity index (χ4v) is 6.51. The smallest absolute Gasteiger partial charge is 0.247 e. The Bertz CT molecular complexity index is 1430. The van der Waals surface area contributed by atoms with E-state index in [1.54, 1.807) is 43.2 Å². The van der Waals surface area contributed by atoms with Crippen molar-refractivity contribution in [2.45, 2.75) is 50.8 Å². The minimum atomic E-state index is -0.919. The summed E-state index contributed by atoms with van der Waals surface area (Å²) in [6.07, 6.45) is 5.95. The summed E-state index contributed by atoms with van der Waals surface area (Å²) < 4.78 is 11.0. The maximum atomic E-state index is 13.7. The SMILES string of the molecule is COc1ccc(C2=NN(C3CCN(C(=O)C(C)NC[C@@H](O)c4cc(N)c(N)c(Cl)c4)CC3)C(=O)[C@@H]3CC=CC[C@H]23)cc1OC. The van der Waals surface area contributed by atoms with Crippen LogP contribution in [-0.2, 0) is 9.59 Å². The summed E-state index contributed by atoms with van der Waals surface area (Å²) in [5.41, 5.74) is 14.5. The van der Waals surface area contributed by atoms with Gasteiger partial charge in [-0.25, -0.2) is 5.01 Å². The molecule has 2 aliphatic heterocycles. The molecule has 44 heavy (non-hydrogen) atoms. The van der Waals surface area contributed by atoms with E-state index in [-0.39, 0.29) is 46.9 Å². The number of aliphatic hydroxyl groups is 1. The van der Waals surface area contributed by atoms with Gasteiger partial charge < -0.3 is 36.3 Å². The number of anilines is 2. The number of fused-ring (bicyclic) bond motifs is 1. The van der Waals surface area contributed by atoms with E-state index in [4.69, 9.17) is 37.6 Å². The van der Waals surface area contributed by atoms with Crippen LogP contribution in [0.2, 0.25) is 5.02 Å². The number of rotatable bonds is 9. The number of hydrogen-bond donors (Lipinski definition) is 4. The number of hydrogen-bond acceptors (Lipinski definition) is 9. The first kappa shape index (κ1) is 31.6. The lowest BCUT2D eigenvalue weighted by Gasteiger charge is -2.43. The molecule has 1 fully saturated rings. The van der Waals surface area contributed by atoms with Crippen molar-refractivity contribution >= 4 is 40.5 Å². The number of aliphatic hydroxyl groups excluding tert-OH is 1. The highest BCUT2D eigenvalue weighted by Crippen LogP contribution is 2.38. The quantitative estimate of drug-likeness (QED) is 0.244. The number of nitrogens with two attached hydrogens (primary N) is 2. The van der Waals surface area contributed by atoms with Crippen LogP contribution >= 0.6 is 11.6 Å². The van der Waals surface area contributed by atoms with E-state index in [1.807, 2.05) is 18.2 Å². The molecular weight excluding hydrogens is 584 g/mol. The van der Waals surface area contributed by atoms with Gasteiger partial charge in [0.05, 0.1) is 60.4 Å². The molecule has 5 rings (SSSR count). The average molecular weight is 625 g/mol. The molecule has 0 radical (unpaired) electrons. The molecule has 0 spiro atoms. The van der Waals surface area contributed by atoms with Crippen LogP contribution in [0.3, 0.4) is 0 Å². The van der Waals surface area contributed by atoms with Gasteiger partial charge in [-0.3, -0.25) is 9.59 Å². The Morgan fingerprint density at radius 2 is 1.77 bits per heavy atom. The lowest BCUT2D eigenvalue weighted by atomic mass is 9.76. The van der Waals surface area contributed by atoms with Crippen molar-refractivity contribution < 1.29 is 24.2 Å². The number of allylic oxidation sites excluding steroid dienone is 2. The summed E-state index contributed by atoms with van der Waals surface area (Å²) in [5.74, 6) is 1.04. The number of likely N-dealkylation sites (tertiary alicyclic amines) is 1. The molecule has 4 atom stereocenters. The molecule has 0 bridgehead atoms. The molecule has 2 aromatic carbocycles. The standard InChI is InChI=1S/C32H41ClN6O5/c1-18(36-17-26(40)20-14-24(33)29(35)25(34)15-20)31(41)38-12-10-21(11-13-38)39-32(42)23-7-5-4-6-22(23)30(37-39)19-8-9-27(43-2)28(16-19)44-3/h4-5,8-9,14-16,18,21-23,26,36,40H,6-7,10-13,17,34-35H2,1-3H3/t18?,22-,23+,26+/m0/s1. The van der Waals surface area contributed by atoms with Crippen LogP contribution in [0, 0.1) is 11.8 Å². The number of nitrogens with zero attached hydrogens (tertiary/aromatic N) is 3. The van der Waals surface area contributed by atoms with Gasteiger partial charge in [0.15, 0.2) is 11.5 Å². The van der Waals surface area contributed by atoms with Gasteiger partial charge in [0.25, 0.3) is 0 Å². The lowest BCUT2D eigenvalue weighted by Crippen LogP contribution is -2.54. The highest BCUT2D eigenvalue weighted by atomic mass is 35.5. The van der Waals surface area contributed by atoms with E-state index in [0.717, 1.165) is 17.7 Å². The van der Waals surface area contributed by atoms with Crippen LogP contribution < -0.4 is 26.3 Å². The van der Waals surface area contributed by atoms with Crippen molar-refractivity contribution in [2.75, 3.05) is 45.3 Å². The number of benzene rings is 2. The van der Waals surface area contributed by atoms with Crippen molar-refractivity contribution in [3.05, 3.63) is 58.6 Å². The third-order valence-corrected chi connectivity index (χ3v) is 9.21. The molecule has 6 N–H and O–H groups in total. The maximum Gasteiger partial charge on any atom is 0.247 e. The van der Waals surface area contributed by atoms with Gasteiger partial charge in [-0.2, -0.15) is 5.10 Å². The Labute approximate surface area is 262 Å². The van der Waals surface area contributed by atoms with E-state index in [9.17, 15) is 14.7 Å². The van der Waals surface area contributed by atoms with Gasteiger partial charge in [-0.05, 0) is 68.5 Å². The zero-order valence-corrected chi connectivity index (χ0v) is 26.1. The summed E-state index contributed by atoms with van der Waals surface area (Å²) in [6.45, 7) is 2.91. The number of hydrazone groups is 1. The van der Waals surface area contributed by atoms with E-state index in [2.05, 4.69) is 17.5 Å². The lowest BCUT2D eigenvalue weighted by molar-refractivity contribution is -0.142. The molecule has 236 valence electrons. The van der Waals surface area contributed by atoms with E-state index in [0.29, 0.717) is 55.1 Å². The summed E-state index contributed by atoms with van der Waals surface area (Å²) in [4.78, 5) is 28.8. The molecule has 2 aromatic rings. The van der Waals surface area contributed by atoms with Crippen LogP contribution in [-0.4, -0.2) is 78.5 Å². The third kappa shape index (κ3) is 6.36. The number of ether oxygens (including phenoxy) is 2. The van der Waals surface area contributed by atoms with Crippen LogP contribution in [0.1, 0.15) is 49.8 Å². The maximum absolute atomic E-state index is 13.7. The number of carbonyl (C=O) groups is 2. The highest BCUT2D eigenvalue weighted by Gasteiger charge is 2.43. The molecule has 3 aliphatic rings. The fourth-order valence-electron chi connectivity index (χ4n) is 6.28. The highest BCUT2D eigenvalue weighted by molar-refractivity contribution is 6.33. The van der Waals surface area contributed by atoms with Crippen molar-refractivity contribution in [3.63, 3.8) is 0 Å². The molecule has 0 aromatic heterocycles. The molecule has 1 saturated heterocycles. The average Bonchev–Trinajstić information content (AvgIpc) is 3.05. The number of nitrogens with one attached hydrogen (secondary N) is 1. The van der Waals surface area contributed by atoms with Gasteiger partial charge in [-0.1, -0.05) is 23.8 Å². The topological polar surface area (TPSA) is 156 Å². The first-order chi connectivity index (χ1) is 21.1. The molecule has 2 heterocycles. The first-order valence-corrected chi connectivity index (χ1v) is 15.3. The van der Waals surface area contributed by atoms with Gasteiger partial charge >= 0.3 is 0 Å². The Balaban J connectivity index is 1.24. The minimum Gasteiger partial charge on any atom is -0.493 e. The van der Waals surface area contributed by atoms with Crippen molar-refractivity contribution in [2.24, 2.45) is 16.9 Å². The summed E-state index contributed by atoms with van der Waals surface area (Å²) in [7, 11) is 3.20. The first-order valence-electron chi connectivity index (χ1n) is 15.0. The Morgan fingerprint density at radius 1 is 1.09 bits per heavy atom. The van der Waals surface area contributed by atoms with Gasteiger partial charge in [-0.15, -0.1) is 0 Å². The van der Waals surface area contributed by atoms with Gasteiger partial charge in [0, 0.05) is 31.1 Å². The second kappa shape index (κ2) is 13.5. The monoisotopic (exact) mass is 624 g/mol. The fraction of sp³-hybridized carbons (Fsp3) is 0.469. The van der Waals surface area contributed by atoms with Gasteiger partial charge in [0.2, 0.25) is 11.8 Å². The summed E-state index contributed by atoms with van der Waals surface area (Å²) >= 11 is 6.11. The molecule has 12 heteroatoms. The van der Waals surface area contributed by atoms with Crippen molar-refractivity contribution in [1.29, 1.82) is 0 Å². The second-order valence-corrected chi connectivity index (χ2v) is 12.0. The Morgan fingerprint density at radius 3 is 2.43 bits per heavy atom. The van der Waals surface area contributed by atoms with Crippen LogP contribution in [0.5, 0.6) is 11.5 Å². The van der Waals surface area contributed by atoms with E-state index < -0.39 is 12.1 Å². The normalized spacial score (nSPS) is 21.8. The molecule has 1 unspecified atom stereocenters. The van der Waals surface area contributed by atoms with Crippen LogP contribution in [0.4, 0.5) is 11.4 Å². The number of piperidine rings is 1. The Kier molecular flexibility index (Phi) is 9.67. The molecule has 0 saturated carbocycles. The van der Waals surface area contributed by atoms with Crippen LogP contribution in [0.25, 0.3) is 0 Å². The molecule has 11 nitrogen and oxygen atoms in total. The second-order valence-electron chi connectivity index (χ2n) is 11.6. The van der Waals surface area contributed by atoms with Crippen LogP contribution in [0.15, 0.2) is 47.6 Å². The third-order valence-electron chi connectivity index (χ3n) is 8.90. The number of nitrogen functional groups attached to an aromatic ring is 2. The van der Waals surface area contributed by atoms with E-state index >= 15 is 0 Å². The minimum absolute atomic E-state index is 0.00787. The summed E-state index contributed by atoms with van der Waals surface area (Å²) in [5, 5.41) is 20.7. The van der Waals surface area contributed by atoms with Crippen molar-refractivity contribution in [1.82, 2.24) is 15.2 Å². The molecule has 1 aliphatic carbocycles. The largest absolute Gasteiger partial charge is 0.493 e. The van der Waals surface area contributed by atoms with Crippen molar-refractivity contribution in [3.8, 4) is 11.5 Å². The Hall–Kier alpha value is -3.80. The molecular formula is C32H41ClN6O5. The number of methoxy groups -OCH3 is 2. The predicted molar refractivity (Wildman–Crippen MR) is 171 cm³/mol. The number of amides is 2. The predicted octanol–water partition coefficient (Wildman–Crippen LogP) is 3.35. The van der Waals surface area contributed by atoms with E-state index in [1.165, 1.54) is 0 Å². The summed E-state index contributed by atoms with van der Waals surface area (Å²) in [6, 6.07) is 8.27. The number of halogens is 1. The zero-order valence-electron chi connectivity index (χ0n) is 25.3. The molecule has 2 amide bonds. The van der Waals surface area contributed by atoms with Gasteiger partial charge in [0.1, 0.15) is 0 Å². The zero-order chi connectivity index (χ0) is 31.5. The number of carbonyl (C=O) groups excluding carboxylic acids is 2.